The Labute approximate surface area is 135 Å². The molecule has 1 saturated carbocycles. The Hall–Kier alpha value is -1.59. The van der Waals surface area contributed by atoms with Gasteiger partial charge in [-0.25, -0.2) is 0 Å². The van der Waals surface area contributed by atoms with Gasteiger partial charge in [-0.2, -0.15) is 0 Å². The largest absolute Gasteiger partial charge is 0.504 e. The molecule has 0 amide bonds. The molecule has 2 saturated heterocycles. The van der Waals surface area contributed by atoms with Crippen molar-refractivity contribution in [2.75, 3.05) is 13.3 Å². The highest BCUT2D eigenvalue weighted by molar-refractivity contribution is 5.89. The molecule has 122 valence electrons. The van der Waals surface area contributed by atoms with Crippen LogP contribution >= 0.6 is 0 Å². The maximum atomic E-state index is 12.7. The number of benzene rings is 1. The lowest BCUT2D eigenvalue weighted by atomic mass is 9.53. The zero-order valence-electron chi connectivity index (χ0n) is 13.5. The average molecular weight is 315 g/mol. The Morgan fingerprint density at radius 2 is 2.17 bits per heavy atom. The van der Waals surface area contributed by atoms with Crippen molar-refractivity contribution in [1.82, 2.24) is 4.90 Å². The molecule has 3 heterocycles. The topological polar surface area (TPSA) is 59.0 Å². The second kappa shape index (κ2) is 4.08. The molecule has 0 unspecified atom stereocenters. The maximum absolute atomic E-state index is 12.7. The van der Waals surface area contributed by atoms with Crippen molar-refractivity contribution in [1.29, 1.82) is 0 Å². The Bertz CT molecular complexity index is 732. The van der Waals surface area contributed by atoms with Crippen LogP contribution in [0.3, 0.4) is 0 Å². The minimum absolute atomic E-state index is 0.130. The van der Waals surface area contributed by atoms with E-state index in [1.54, 1.807) is 6.07 Å². The van der Waals surface area contributed by atoms with Crippen LogP contribution in [0.15, 0.2) is 12.1 Å². The molecule has 2 bridgehead atoms. The lowest BCUT2D eigenvalue weighted by Gasteiger charge is -2.55. The van der Waals surface area contributed by atoms with Crippen LogP contribution in [0, 0.1) is 6.92 Å². The first kappa shape index (κ1) is 13.8. The molecule has 5 rings (SSSR count). The van der Waals surface area contributed by atoms with Gasteiger partial charge in [0.15, 0.2) is 23.4 Å². The van der Waals surface area contributed by atoms with Gasteiger partial charge in [0.25, 0.3) is 0 Å². The summed E-state index contributed by atoms with van der Waals surface area (Å²) < 4.78 is 12.5. The van der Waals surface area contributed by atoms with Crippen LogP contribution in [0.25, 0.3) is 0 Å². The van der Waals surface area contributed by atoms with Gasteiger partial charge in [0.2, 0.25) is 0 Å². The quantitative estimate of drug-likeness (QED) is 0.792. The zero-order valence-corrected chi connectivity index (χ0v) is 13.5. The summed E-state index contributed by atoms with van der Waals surface area (Å²) >= 11 is 0. The fourth-order valence-corrected chi connectivity index (χ4v) is 5.68. The number of carbonyl (C=O) groups is 1. The summed E-state index contributed by atoms with van der Waals surface area (Å²) in [6, 6.07) is 3.84. The van der Waals surface area contributed by atoms with Crippen molar-refractivity contribution in [3.05, 3.63) is 23.3 Å². The highest BCUT2D eigenvalue weighted by Crippen LogP contribution is 2.64. The van der Waals surface area contributed by atoms with E-state index in [0.29, 0.717) is 18.9 Å². The second-order valence-corrected chi connectivity index (χ2v) is 7.44. The molecule has 1 aromatic rings. The number of carbonyl (C=O) groups excluding carboxylic acids is 1. The van der Waals surface area contributed by atoms with E-state index in [1.165, 1.54) is 0 Å². The third kappa shape index (κ3) is 1.32. The Morgan fingerprint density at radius 3 is 3.00 bits per heavy atom. The van der Waals surface area contributed by atoms with Gasteiger partial charge in [-0.15, -0.1) is 0 Å². The van der Waals surface area contributed by atoms with Crippen LogP contribution in [0.1, 0.15) is 37.3 Å². The van der Waals surface area contributed by atoms with Crippen LogP contribution in [-0.4, -0.2) is 46.8 Å². The lowest BCUT2D eigenvalue weighted by molar-refractivity contribution is -0.156. The highest BCUT2D eigenvalue weighted by atomic mass is 16.5. The third-order valence-electron chi connectivity index (χ3n) is 6.77. The third-order valence-corrected chi connectivity index (χ3v) is 6.77. The summed E-state index contributed by atoms with van der Waals surface area (Å²) in [7, 11) is 0. The first-order valence-corrected chi connectivity index (χ1v) is 8.42. The van der Waals surface area contributed by atoms with E-state index in [0.717, 1.165) is 30.5 Å². The molecule has 3 fully saturated rings. The summed E-state index contributed by atoms with van der Waals surface area (Å²) in [4.78, 5) is 15.1. The number of Topliss-reactive ketones (excluding diaryl/α,β-unsaturated/α-hetero) is 1. The van der Waals surface area contributed by atoms with Crippen molar-refractivity contribution in [3.8, 4) is 11.5 Å². The fraction of sp³-hybridized carbons (Fsp3) is 0.611. The number of hydrogen-bond donors (Lipinski definition) is 1. The fourth-order valence-electron chi connectivity index (χ4n) is 5.68. The van der Waals surface area contributed by atoms with Gasteiger partial charge in [0.1, 0.15) is 6.73 Å². The van der Waals surface area contributed by atoms with Gasteiger partial charge in [0, 0.05) is 24.6 Å². The molecule has 0 radical (unpaired) electrons. The van der Waals surface area contributed by atoms with E-state index in [-0.39, 0.29) is 17.6 Å². The van der Waals surface area contributed by atoms with Gasteiger partial charge < -0.3 is 14.6 Å². The summed E-state index contributed by atoms with van der Waals surface area (Å²) in [5.74, 6) is 0.771. The molecule has 3 aliphatic heterocycles. The van der Waals surface area contributed by atoms with Crippen molar-refractivity contribution < 1.29 is 19.4 Å². The molecule has 5 atom stereocenters. The number of piperidine rings is 1. The standard InChI is InChI=1S/C18H21NO4/c1-10-3-4-12(20)15-14(10)17-7-8-19-9-22-18(17,11(19)2)6-5-13(21)16(17)23-15/h3-4,11,16,20H,5-9H2,1-2H3/t11-,16+,17+,18-/m1/s1. The normalized spacial score (nSPS) is 43.6. The number of aryl methyl sites for hydroxylation is 1. The molecule has 4 aliphatic rings. The number of ketones is 1. The minimum Gasteiger partial charge on any atom is -0.504 e. The predicted molar refractivity (Wildman–Crippen MR) is 82.6 cm³/mol. The second-order valence-electron chi connectivity index (χ2n) is 7.44. The first-order valence-electron chi connectivity index (χ1n) is 8.42. The molecular weight excluding hydrogens is 294 g/mol. The average Bonchev–Trinajstić information content (AvgIpc) is 2.98. The predicted octanol–water partition coefficient (Wildman–Crippen LogP) is 1.88. The van der Waals surface area contributed by atoms with Gasteiger partial charge >= 0.3 is 0 Å². The van der Waals surface area contributed by atoms with Crippen LogP contribution in [-0.2, 0) is 14.9 Å². The van der Waals surface area contributed by atoms with Crippen molar-refractivity contribution >= 4 is 5.78 Å². The smallest absolute Gasteiger partial charge is 0.174 e. The SMILES string of the molecule is Cc1ccc(O)c2c1[C@]13CC[N@@]4CO[C@]1(CCC(=O)[C@@H]3O2)[C@H]4C. The molecule has 5 nitrogen and oxygen atoms in total. The molecule has 1 N–H and O–H groups in total. The number of rotatable bonds is 0. The highest BCUT2D eigenvalue weighted by Gasteiger charge is 2.73. The van der Waals surface area contributed by atoms with E-state index in [9.17, 15) is 9.90 Å². The minimum atomic E-state index is -0.527. The number of hydrogen-bond acceptors (Lipinski definition) is 5. The number of phenolic OH excluding ortho intramolecular Hbond substituents is 1. The molecule has 0 aromatic heterocycles. The van der Waals surface area contributed by atoms with Gasteiger partial charge in [-0.05, 0) is 38.3 Å². The summed E-state index contributed by atoms with van der Waals surface area (Å²) in [5.41, 5.74) is 1.22. The number of ether oxygens (including phenoxy) is 2. The molecule has 1 aromatic carbocycles. The van der Waals surface area contributed by atoms with E-state index >= 15 is 0 Å². The Balaban J connectivity index is 1.84. The Kier molecular flexibility index (Phi) is 2.45. The van der Waals surface area contributed by atoms with Crippen molar-refractivity contribution in [3.63, 3.8) is 0 Å². The molecule has 2 spiro atoms. The van der Waals surface area contributed by atoms with Crippen LogP contribution < -0.4 is 4.74 Å². The number of nitrogens with zero attached hydrogens (tertiary/aromatic N) is 1. The van der Waals surface area contributed by atoms with Crippen molar-refractivity contribution in [2.45, 2.75) is 56.3 Å². The Morgan fingerprint density at radius 1 is 1.35 bits per heavy atom. The van der Waals surface area contributed by atoms with E-state index < -0.39 is 17.1 Å². The van der Waals surface area contributed by atoms with Crippen LogP contribution in [0.4, 0.5) is 0 Å². The van der Waals surface area contributed by atoms with Crippen LogP contribution in [0.2, 0.25) is 0 Å². The van der Waals surface area contributed by atoms with Crippen LogP contribution in [0.5, 0.6) is 11.5 Å². The number of fused-ring (bicyclic) bond motifs is 2. The molecule has 5 heteroatoms. The van der Waals surface area contributed by atoms with Crippen molar-refractivity contribution in [2.24, 2.45) is 0 Å². The summed E-state index contributed by atoms with van der Waals surface area (Å²) in [5, 5.41) is 10.3. The summed E-state index contributed by atoms with van der Waals surface area (Å²) in [6.07, 6.45) is 1.53. The van der Waals surface area contributed by atoms with E-state index in [2.05, 4.69) is 11.8 Å². The van der Waals surface area contributed by atoms with Gasteiger partial charge in [-0.1, -0.05) is 6.07 Å². The first-order chi connectivity index (χ1) is 11.0. The zero-order chi connectivity index (χ0) is 16.0. The maximum Gasteiger partial charge on any atom is 0.174 e. The number of aromatic hydroxyl groups is 1. The van der Waals surface area contributed by atoms with E-state index in [1.807, 2.05) is 13.0 Å². The number of phenols is 1. The van der Waals surface area contributed by atoms with Gasteiger partial charge in [-0.3, -0.25) is 9.69 Å². The monoisotopic (exact) mass is 315 g/mol. The summed E-state index contributed by atoms with van der Waals surface area (Å²) in [6.45, 7) is 5.76. The lowest BCUT2D eigenvalue weighted by Crippen LogP contribution is -2.70. The molecular formula is C18H21NO4. The molecule has 1 aliphatic carbocycles. The molecule has 23 heavy (non-hydrogen) atoms. The van der Waals surface area contributed by atoms with E-state index in [4.69, 9.17) is 9.47 Å². The van der Waals surface area contributed by atoms with Gasteiger partial charge in [0.05, 0.1) is 11.0 Å².